The van der Waals surface area contributed by atoms with E-state index in [-0.39, 0.29) is 6.10 Å². The third-order valence-corrected chi connectivity index (χ3v) is 3.18. The lowest BCUT2D eigenvalue weighted by Gasteiger charge is -1.99. The van der Waals surface area contributed by atoms with Crippen molar-refractivity contribution in [1.82, 2.24) is 0 Å². The van der Waals surface area contributed by atoms with E-state index in [0.717, 1.165) is 18.9 Å². The summed E-state index contributed by atoms with van der Waals surface area (Å²) in [7, 11) is -0.463. The minimum absolute atomic E-state index is 0.383. The third-order valence-electron chi connectivity index (χ3n) is 1.54. The van der Waals surface area contributed by atoms with Gasteiger partial charge in [-0.2, -0.15) is 0 Å². The molecule has 1 unspecified atom stereocenters. The number of rotatable bonds is 3. The van der Waals surface area contributed by atoms with Crippen LogP contribution >= 0.6 is 0 Å². The predicted octanol–water partition coefficient (Wildman–Crippen LogP) is 1.83. The van der Waals surface area contributed by atoms with Crippen molar-refractivity contribution in [2.24, 2.45) is 0 Å². The molecule has 2 heteroatoms. The van der Waals surface area contributed by atoms with Gasteiger partial charge in [-0.3, -0.25) is 0 Å². The average molecular weight is 169 g/mol. The van der Waals surface area contributed by atoms with Gasteiger partial charge in [0.25, 0.3) is 0 Å². The van der Waals surface area contributed by atoms with Crippen LogP contribution in [-0.2, 0) is 0 Å². The van der Waals surface area contributed by atoms with E-state index in [1.807, 2.05) is 0 Å². The SMILES string of the molecule is CCCC(O)C#C[Si](C)CC. The second kappa shape index (κ2) is 6.45. The molecule has 0 saturated carbocycles. The standard InChI is InChI=1S/C9H17OSi/c1-4-6-9(10)7-8-11(3)5-2/h9-10H,4-6H2,1-3H3. The average Bonchev–Trinajstić information content (AvgIpc) is 2.01. The van der Waals surface area contributed by atoms with Gasteiger partial charge in [-0.1, -0.05) is 38.8 Å². The highest BCUT2D eigenvalue weighted by atomic mass is 28.3. The third kappa shape index (κ3) is 6.15. The summed E-state index contributed by atoms with van der Waals surface area (Å²) in [5.74, 6) is 2.89. The Kier molecular flexibility index (Phi) is 6.29. The Balaban J connectivity index is 3.66. The Morgan fingerprint density at radius 1 is 1.45 bits per heavy atom. The van der Waals surface area contributed by atoms with E-state index in [0.29, 0.717) is 0 Å². The summed E-state index contributed by atoms with van der Waals surface area (Å²) in [6.45, 7) is 6.38. The van der Waals surface area contributed by atoms with Crippen LogP contribution in [0, 0.1) is 11.5 Å². The van der Waals surface area contributed by atoms with Crippen molar-refractivity contribution in [3.63, 3.8) is 0 Å². The van der Waals surface area contributed by atoms with E-state index < -0.39 is 8.80 Å². The smallest absolute Gasteiger partial charge is 0.141 e. The monoisotopic (exact) mass is 169 g/mol. The van der Waals surface area contributed by atoms with Crippen LogP contribution in [0.2, 0.25) is 12.6 Å². The van der Waals surface area contributed by atoms with Gasteiger partial charge in [-0.25, -0.2) is 0 Å². The maximum atomic E-state index is 9.24. The highest BCUT2D eigenvalue weighted by Gasteiger charge is 1.97. The molecule has 1 N–H and O–H groups in total. The molecule has 63 valence electrons. The molecule has 0 rings (SSSR count). The van der Waals surface area contributed by atoms with Gasteiger partial charge in [0.1, 0.15) is 14.9 Å². The Morgan fingerprint density at radius 3 is 2.55 bits per heavy atom. The first kappa shape index (κ1) is 10.7. The molecule has 0 aromatic heterocycles. The molecule has 0 heterocycles. The molecule has 0 saturated heterocycles. The van der Waals surface area contributed by atoms with Crippen molar-refractivity contribution in [3.8, 4) is 11.5 Å². The molecule has 0 aromatic rings. The minimum Gasteiger partial charge on any atom is -0.380 e. The van der Waals surface area contributed by atoms with Crippen molar-refractivity contribution < 1.29 is 5.11 Å². The molecule has 1 atom stereocenters. The van der Waals surface area contributed by atoms with Crippen molar-refractivity contribution >= 4 is 8.80 Å². The van der Waals surface area contributed by atoms with Crippen LogP contribution in [-0.4, -0.2) is 20.0 Å². The highest BCUT2D eigenvalue weighted by Crippen LogP contribution is 1.94. The summed E-state index contributed by atoms with van der Waals surface area (Å²) in [5, 5.41) is 9.24. The second-order valence-corrected chi connectivity index (χ2v) is 5.23. The largest absolute Gasteiger partial charge is 0.380 e. The van der Waals surface area contributed by atoms with Crippen molar-refractivity contribution in [2.75, 3.05) is 0 Å². The zero-order valence-electron chi connectivity index (χ0n) is 7.65. The fourth-order valence-corrected chi connectivity index (χ4v) is 1.23. The van der Waals surface area contributed by atoms with E-state index in [4.69, 9.17) is 0 Å². The van der Waals surface area contributed by atoms with Crippen LogP contribution in [0.1, 0.15) is 26.7 Å². The Morgan fingerprint density at radius 2 is 2.09 bits per heavy atom. The van der Waals surface area contributed by atoms with Crippen LogP contribution < -0.4 is 0 Å². The first-order valence-electron chi connectivity index (χ1n) is 4.22. The van der Waals surface area contributed by atoms with Gasteiger partial charge in [-0.15, -0.1) is 5.54 Å². The van der Waals surface area contributed by atoms with E-state index >= 15 is 0 Å². The minimum atomic E-state index is -0.463. The number of hydrogen-bond donors (Lipinski definition) is 1. The Labute approximate surface area is 71.4 Å². The summed E-state index contributed by atoms with van der Waals surface area (Å²) in [5.41, 5.74) is 3.12. The summed E-state index contributed by atoms with van der Waals surface area (Å²) in [4.78, 5) is 0. The van der Waals surface area contributed by atoms with Crippen LogP contribution in [0.3, 0.4) is 0 Å². The molecule has 0 amide bonds. The van der Waals surface area contributed by atoms with Gasteiger partial charge >= 0.3 is 0 Å². The van der Waals surface area contributed by atoms with E-state index in [1.54, 1.807) is 0 Å². The van der Waals surface area contributed by atoms with E-state index in [1.165, 1.54) is 0 Å². The topological polar surface area (TPSA) is 20.2 Å². The lowest BCUT2D eigenvalue weighted by atomic mass is 10.2. The molecule has 11 heavy (non-hydrogen) atoms. The van der Waals surface area contributed by atoms with Crippen molar-refractivity contribution in [2.45, 2.75) is 45.4 Å². The maximum Gasteiger partial charge on any atom is 0.141 e. The Bertz CT molecular complexity index is 145. The number of aliphatic hydroxyl groups excluding tert-OH is 1. The van der Waals surface area contributed by atoms with Crippen molar-refractivity contribution in [1.29, 1.82) is 0 Å². The van der Waals surface area contributed by atoms with Gasteiger partial charge in [0.2, 0.25) is 0 Å². The van der Waals surface area contributed by atoms with Gasteiger partial charge < -0.3 is 5.11 Å². The van der Waals surface area contributed by atoms with Gasteiger partial charge in [0.05, 0.1) is 0 Å². The second-order valence-electron chi connectivity index (χ2n) is 2.71. The normalized spacial score (nSPS) is 12.5. The van der Waals surface area contributed by atoms with Gasteiger partial charge in [0, 0.05) is 0 Å². The van der Waals surface area contributed by atoms with Crippen LogP contribution in [0.5, 0.6) is 0 Å². The van der Waals surface area contributed by atoms with Gasteiger partial charge in [0.15, 0.2) is 0 Å². The summed E-state index contributed by atoms with van der Waals surface area (Å²) < 4.78 is 0. The lowest BCUT2D eigenvalue weighted by Crippen LogP contribution is -2.05. The molecular formula is C9H17OSi. The fraction of sp³-hybridized carbons (Fsp3) is 0.778. The predicted molar refractivity (Wildman–Crippen MR) is 50.8 cm³/mol. The van der Waals surface area contributed by atoms with Crippen molar-refractivity contribution in [3.05, 3.63) is 0 Å². The van der Waals surface area contributed by atoms with Gasteiger partial charge in [-0.05, 0) is 6.42 Å². The number of aliphatic hydroxyl groups is 1. The van der Waals surface area contributed by atoms with E-state index in [2.05, 4.69) is 31.9 Å². The van der Waals surface area contributed by atoms with Crippen LogP contribution in [0.4, 0.5) is 0 Å². The Hall–Kier alpha value is -0.263. The maximum absolute atomic E-state index is 9.24. The molecule has 0 spiro atoms. The molecule has 0 aliphatic rings. The molecule has 0 bridgehead atoms. The lowest BCUT2D eigenvalue weighted by molar-refractivity contribution is 0.221. The zero-order chi connectivity index (χ0) is 8.69. The quantitative estimate of drug-likeness (QED) is 0.505. The zero-order valence-corrected chi connectivity index (χ0v) is 8.65. The summed E-state index contributed by atoms with van der Waals surface area (Å²) >= 11 is 0. The fourth-order valence-electron chi connectivity index (χ4n) is 0.640. The van der Waals surface area contributed by atoms with E-state index in [9.17, 15) is 5.11 Å². The first-order chi connectivity index (χ1) is 5.20. The molecule has 0 aliphatic carbocycles. The number of hydrogen-bond acceptors (Lipinski definition) is 1. The molecular weight excluding hydrogens is 152 g/mol. The first-order valence-corrected chi connectivity index (χ1v) is 6.43. The molecule has 0 fully saturated rings. The van der Waals surface area contributed by atoms with Crippen LogP contribution in [0.25, 0.3) is 0 Å². The highest BCUT2D eigenvalue weighted by molar-refractivity contribution is 6.66. The molecule has 1 nitrogen and oxygen atoms in total. The molecule has 0 aromatic carbocycles. The summed E-state index contributed by atoms with van der Waals surface area (Å²) in [6.07, 6.45) is 1.44. The molecule has 1 radical (unpaired) electrons. The molecule has 0 aliphatic heterocycles. The van der Waals surface area contributed by atoms with Crippen LogP contribution in [0.15, 0.2) is 0 Å². The summed E-state index contributed by atoms with van der Waals surface area (Å²) in [6, 6.07) is 1.16.